The first-order valence-electron chi connectivity index (χ1n) is 9.34. The first kappa shape index (κ1) is 18.4. The summed E-state index contributed by atoms with van der Waals surface area (Å²) in [6.45, 7) is 4.50. The molecule has 3 fully saturated rings. The van der Waals surface area contributed by atoms with E-state index in [9.17, 15) is 18.0 Å². The van der Waals surface area contributed by atoms with Crippen LogP contribution in [0.4, 0.5) is 0 Å². The number of rotatable bonds is 4. The number of benzene rings is 1. The molecule has 1 aromatic carbocycles. The van der Waals surface area contributed by atoms with Crippen molar-refractivity contribution in [2.24, 2.45) is 28.8 Å². The lowest BCUT2D eigenvalue weighted by Gasteiger charge is -2.19. The maximum absolute atomic E-state index is 12.9. The zero-order valence-electron chi connectivity index (χ0n) is 15.5. The molecule has 1 aromatic rings. The lowest BCUT2D eigenvalue weighted by molar-refractivity contribution is -0.140. The summed E-state index contributed by atoms with van der Waals surface area (Å²) >= 11 is 0. The van der Waals surface area contributed by atoms with E-state index in [2.05, 4.69) is 13.8 Å². The molecule has 2 aliphatic carbocycles. The fourth-order valence-electron chi connectivity index (χ4n) is 5.36. The van der Waals surface area contributed by atoms with Crippen LogP contribution in [0.5, 0.6) is 0 Å². The van der Waals surface area contributed by atoms with Crippen molar-refractivity contribution in [3.8, 4) is 0 Å². The van der Waals surface area contributed by atoms with Crippen molar-refractivity contribution < 1.29 is 18.0 Å². The molecule has 0 spiro atoms. The summed E-state index contributed by atoms with van der Waals surface area (Å²) in [4.78, 5) is 27.4. The van der Waals surface area contributed by atoms with E-state index in [-0.39, 0.29) is 40.4 Å². The van der Waals surface area contributed by atoms with E-state index < -0.39 is 10.0 Å². The molecule has 1 aliphatic heterocycles. The number of carbonyl (C=O) groups excluding carboxylic acids is 2. The zero-order chi connectivity index (χ0) is 19.5. The third-order valence-corrected chi connectivity index (χ3v) is 7.33. The molecule has 144 valence electrons. The third-order valence-electron chi connectivity index (χ3n) is 6.40. The molecule has 0 aromatic heterocycles. The van der Waals surface area contributed by atoms with Crippen LogP contribution in [0.15, 0.2) is 40.3 Å². The molecule has 6 nitrogen and oxygen atoms in total. The van der Waals surface area contributed by atoms with Gasteiger partial charge < -0.3 is 0 Å². The summed E-state index contributed by atoms with van der Waals surface area (Å²) in [7, 11) is -3.72. The average molecular weight is 388 g/mol. The first-order valence-corrected chi connectivity index (χ1v) is 10.9. The molecule has 0 unspecified atom stereocenters. The van der Waals surface area contributed by atoms with Gasteiger partial charge in [0, 0.05) is 6.54 Å². The molecular weight excluding hydrogens is 364 g/mol. The van der Waals surface area contributed by atoms with Crippen LogP contribution in [0.1, 0.15) is 32.3 Å². The van der Waals surface area contributed by atoms with Gasteiger partial charge in [-0.25, -0.2) is 13.6 Å². The van der Waals surface area contributed by atoms with Crippen molar-refractivity contribution in [2.45, 2.75) is 38.0 Å². The van der Waals surface area contributed by atoms with Gasteiger partial charge in [0.15, 0.2) is 0 Å². The molecule has 2 bridgehead atoms. The predicted octanol–water partition coefficient (Wildman–Crippen LogP) is 1.85. The highest BCUT2D eigenvalue weighted by molar-refractivity contribution is 7.89. The maximum atomic E-state index is 12.9. The molecule has 27 heavy (non-hydrogen) atoms. The molecule has 3 aliphatic rings. The topological polar surface area (TPSA) is 97.5 Å². The van der Waals surface area contributed by atoms with Gasteiger partial charge >= 0.3 is 0 Å². The van der Waals surface area contributed by atoms with E-state index in [4.69, 9.17) is 5.14 Å². The van der Waals surface area contributed by atoms with Crippen molar-refractivity contribution in [2.75, 3.05) is 6.54 Å². The fourth-order valence-corrected chi connectivity index (χ4v) is 5.88. The summed E-state index contributed by atoms with van der Waals surface area (Å²) in [5.74, 6) is 0.0621. The van der Waals surface area contributed by atoms with Crippen molar-refractivity contribution >= 4 is 21.8 Å². The third kappa shape index (κ3) is 2.84. The van der Waals surface area contributed by atoms with Crippen molar-refractivity contribution in [3.05, 3.63) is 41.0 Å². The number of amides is 2. The van der Waals surface area contributed by atoms with E-state index in [1.807, 2.05) is 0 Å². The van der Waals surface area contributed by atoms with Gasteiger partial charge in [-0.1, -0.05) is 23.3 Å². The number of nitrogens with two attached hydrogens (primary N) is 1. The van der Waals surface area contributed by atoms with Crippen LogP contribution in [-0.2, 0) is 26.0 Å². The zero-order valence-corrected chi connectivity index (χ0v) is 16.3. The van der Waals surface area contributed by atoms with Crippen LogP contribution in [-0.4, -0.2) is 31.7 Å². The molecular formula is C20H24N2O4S. The second-order valence-corrected chi connectivity index (χ2v) is 9.63. The Morgan fingerprint density at radius 3 is 2.00 bits per heavy atom. The van der Waals surface area contributed by atoms with Gasteiger partial charge in [0.1, 0.15) is 0 Å². The molecule has 2 N–H and O–H groups in total. The quantitative estimate of drug-likeness (QED) is 0.629. The minimum atomic E-state index is -3.72. The van der Waals surface area contributed by atoms with E-state index in [1.165, 1.54) is 28.2 Å². The number of allylic oxidation sites excluding steroid dienone is 2. The Balaban J connectivity index is 1.49. The van der Waals surface area contributed by atoms with Crippen LogP contribution in [0.2, 0.25) is 0 Å². The predicted molar refractivity (Wildman–Crippen MR) is 99.8 cm³/mol. The van der Waals surface area contributed by atoms with Crippen molar-refractivity contribution in [1.29, 1.82) is 0 Å². The molecule has 4 atom stereocenters. The number of carbonyl (C=O) groups is 2. The number of primary sulfonamides is 1. The van der Waals surface area contributed by atoms with Gasteiger partial charge in [0.05, 0.1) is 16.7 Å². The standard InChI is InChI=1S/C20H24N2O4S/c1-11(2)16-14-7-8-15(16)18-17(14)19(23)22(20(18)24)10-9-12-3-5-13(6-4-12)27(21,25)26/h3-6,14-15,17-18H,7-10H2,1-2H3,(H2,21,25,26)/t14-,15+,17-,18-/m1/s1. The number of likely N-dealkylation sites (tertiary alicyclic amines) is 1. The summed E-state index contributed by atoms with van der Waals surface area (Å²) in [6, 6.07) is 6.26. The van der Waals surface area contributed by atoms with Crippen LogP contribution in [0, 0.1) is 23.7 Å². The van der Waals surface area contributed by atoms with Gasteiger partial charge in [-0.15, -0.1) is 0 Å². The van der Waals surface area contributed by atoms with Gasteiger partial charge in [-0.05, 0) is 62.6 Å². The van der Waals surface area contributed by atoms with Gasteiger partial charge in [-0.3, -0.25) is 14.5 Å². The Morgan fingerprint density at radius 1 is 1.04 bits per heavy atom. The number of nitrogens with zero attached hydrogens (tertiary/aromatic N) is 1. The number of hydrogen-bond acceptors (Lipinski definition) is 4. The second kappa shape index (κ2) is 6.27. The van der Waals surface area contributed by atoms with Crippen LogP contribution in [0.25, 0.3) is 0 Å². The summed E-state index contributed by atoms with van der Waals surface area (Å²) in [5.41, 5.74) is 3.48. The first-order chi connectivity index (χ1) is 12.7. The molecule has 7 heteroatoms. The molecule has 0 radical (unpaired) electrons. The van der Waals surface area contributed by atoms with Gasteiger partial charge in [0.2, 0.25) is 21.8 Å². The average Bonchev–Trinajstić information content (AvgIpc) is 3.23. The van der Waals surface area contributed by atoms with Crippen molar-refractivity contribution in [3.63, 3.8) is 0 Å². The number of fused-ring (bicyclic) bond motifs is 5. The second-order valence-electron chi connectivity index (χ2n) is 8.06. The van der Waals surface area contributed by atoms with Crippen molar-refractivity contribution in [1.82, 2.24) is 4.90 Å². The smallest absolute Gasteiger partial charge is 0.238 e. The molecule has 2 amide bonds. The number of imide groups is 1. The molecule has 1 heterocycles. The Kier molecular flexibility index (Phi) is 4.27. The highest BCUT2D eigenvalue weighted by Crippen LogP contribution is 2.60. The van der Waals surface area contributed by atoms with Crippen LogP contribution < -0.4 is 5.14 Å². The minimum Gasteiger partial charge on any atom is -0.282 e. The Bertz CT molecular complexity index is 913. The Morgan fingerprint density at radius 2 is 1.56 bits per heavy atom. The van der Waals surface area contributed by atoms with Crippen LogP contribution >= 0.6 is 0 Å². The fraction of sp³-hybridized carbons (Fsp3) is 0.500. The highest BCUT2D eigenvalue weighted by atomic mass is 32.2. The van der Waals surface area contributed by atoms with Crippen LogP contribution in [0.3, 0.4) is 0 Å². The van der Waals surface area contributed by atoms with E-state index in [1.54, 1.807) is 12.1 Å². The molecule has 2 saturated carbocycles. The lowest BCUT2D eigenvalue weighted by atomic mass is 9.81. The minimum absolute atomic E-state index is 0.0305. The molecule has 1 saturated heterocycles. The molecule has 4 rings (SSSR count). The maximum Gasteiger partial charge on any atom is 0.238 e. The lowest BCUT2D eigenvalue weighted by Crippen LogP contribution is -2.35. The Labute approximate surface area is 159 Å². The largest absolute Gasteiger partial charge is 0.282 e. The summed E-state index contributed by atoms with van der Waals surface area (Å²) < 4.78 is 22.7. The SMILES string of the molecule is CC(C)=C1[C@H]2CC[C@@H]1[C@H]1C(=O)N(CCc3ccc(S(N)(=O)=O)cc3)C(=O)[C@@H]12. The normalized spacial score (nSPS) is 29.6. The number of hydrogen-bond donors (Lipinski definition) is 1. The monoisotopic (exact) mass is 388 g/mol. The van der Waals surface area contributed by atoms with Gasteiger partial charge in [-0.2, -0.15) is 0 Å². The summed E-state index contributed by atoms with van der Waals surface area (Å²) in [6.07, 6.45) is 2.52. The van der Waals surface area contributed by atoms with E-state index in [0.29, 0.717) is 13.0 Å². The number of sulfonamides is 1. The highest BCUT2D eigenvalue weighted by Gasteiger charge is 2.63. The van der Waals surface area contributed by atoms with E-state index in [0.717, 1.165) is 18.4 Å². The summed E-state index contributed by atoms with van der Waals surface area (Å²) in [5, 5.41) is 5.10. The van der Waals surface area contributed by atoms with E-state index >= 15 is 0 Å². The Hall–Kier alpha value is -1.99. The van der Waals surface area contributed by atoms with Gasteiger partial charge in [0.25, 0.3) is 0 Å².